The van der Waals surface area contributed by atoms with Crippen LogP contribution in [0.5, 0.6) is 0 Å². The fraction of sp³-hybridized carbons (Fsp3) is 0.643. The molecule has 0 bridgehead atoms. The second-order valence-corrected chi connectivity index (χ2v) is 5.20. The van der Waals surface area contributed by atoms with Crippen LogP contribution in [0.25, 0.3) is 0 Å². The second-order valence-electron chi connectivity index (χ2n) is 5.20. The molecule has 0 saturated carbocycles. The van der Waals surface area contributed by atoms with Crippen LogP contribution in [-0.4, -0.2) is 22.5 Å². The summed E-state index contributed by atoms with van der Waals surface area (Å²) in [5.74, 6) is 0.481. The Hall–Kier alpha value is -0.910. The monoisotopic (exact) mass is 337 g/mol. The summed E-state index contributed by atoms with van der Waals surface area (Å²) in [7, 11) is 0. The average Bonchev–Trinajstić information content (AvgIpc) is 2.38. The maximum absolute atomic E-state index is 11.9. The van der Waals surface area contributed by atoms with Crippen molar-refractivity contribution in [2.45, 2.75) is 39.7 Å². The number of nitrogens with zero attached hydrogens (tertiary/aromatic N) is 2. The fourth-order valence-electron chi connectivity index (χ4n) is 1.99. The van der Waals surface area contributed by atoms with Gasteiger partial charge >= 0.3 is 5.97 Å². The van der Waals surface area contributed by atoms with Gasteiger partial charge in [-0.2, -0.15) is 0 Å². The van der Waals surface area contributed by atoms with E-state index in [0.29, 0.717) is 24.6 Å². The Morgan fingerprint density at radius 3 is 2.43 bits per heavy atom. The largest absolute Gasteiger partial charge is 0.456 e. The number of aromatic nitrogens is 2. The predicted molar refractivity (Wildman–Crippen MR) is 87.7 cm³/mol. The van der Waals surface area contributed by atoms with Crippen LogP contribution in [0.2, 0.25) is 0 Å². The Balaban J connectivity index is 0. The molecule has 0 aliphatic rings. The lowest BCUT2D eigenvalue weighted by molar-refractivity contribution is -0.150. The maximum Gasteiger partial charge on any atom is 0.306 e. The first-order valence-electron chi connectivity index (χ1n) is 6.68. The Kier molecular flexibility index (Phi) is 12.5. The molecule has 122 valence electrons. The quantitative estimate of drug-likeness (QED) is 0.774. The number of ether oxygens (including phenoxy) is 1. The third-order valence-electron chi connectivity index (χ3n) is 2.90. The summed E-state index contributed by atoms with van der Waals surface area (Å²) >= 11 is 0. The van der Waals surface area contributed by atoms with Gasteiger partial charge in [0.05, 0.1) is 11.9 Å². The number of rotatable bonds is 7. The van der Waals surface area contributed by atoms with Crippen LogP contribution in [0.1, 0.15) is 45.4 Å². The molecule has 0 radical (unpaired) electrons. The molecule has 0 fully saturated rings. The SMILES string of the molecule is CC(C)C[C@H](CN)CC(=O)OC(C)c1cnccn1.Cl.Cl. The Morgan fingerprint density at radius 2 is 1.95 bits per heavy atom. The van der Waals surface area contributed by atoms with Crippen molar-refractivity contribution in [1.29, 1.82) is 0 Å². The first-order chi connectivity index (χ1) is 9.02. The van der Waals surface area contributed by atoms with E-state index < -0.39 is 0 Å². The highest BCUT2D eigenvalue weighted by molar-refractivity contribution is 5.85. The van der Waals surface area contributed by atoms with Crippen LogP contribution in [0.15, 0.2) is 18.6 Å². The number of carbonyl (C=O) groups excluding carboxylic acids is 1. The van der Waals surface area contributed by atoms with E-state index in [9.17, 15) is 4.79 Å². The Morgan fingerprint density at radius 1 is 1.29 bits per heavy atom. The van der Waals surface area contributed by atoms with Gasteiger partial charge in [0.2, 0.25) is 0 Å². The van der Waals surface area contributed by atoms with Crippen LogP contribution in [-0.2, 0) is 9.53 Å². The summed E-state index contributed by atoms with van der Waals surface area (Å²) in [6, 6.07) is 0. The number of esters is 1. The molecule has 1 heterocycles. The molecular weight excluding hydrogens is 313 g/mol. The van der Waals surface area contributed by atoms with Crippen molar-refractivity contribution >= 4 is 30.8 Å². The minimum atomic E-state index is -0.376. The van der Waals surface area contributed by atoms with Crippen molar-refractivity contribution < 1.29 is 9.53 Å². The van der Waals surface area contributed by atoms with Crippen molar-refractivity contribution in [2.24, 2.45) is 17.6 Å². The minimum Gasteiger partial charge on any atom is -0.456 e. The molecule has 0 aliphatic heterocycles. The molecule has 0 aliphatic carbocycles. The molecule has 2 N–H and O–H groups in total. The standard InChI is InChI=1S/C14H23N3O2.2ClH/c1-10(2)6-12(8-15)7-14(18)19-11(3)13-9-16-4-5-17-13;;/h4-5,9-12H,6-8,15H2,1-3H3;2*1H/t11?,12-;;/m0../s1. The van der Waals surface area contributed by atoms with Gasteiger partial charge in [-0.15, -0.1) is 24.8 Å². The third-order valence-corrected chi connectivity index (χ3v) is 2.90. The van der Waals surface area contributed by atoms with Crippen molar-refractivity contribution in [3.63, 3.8) is 0 Å². The lowest BCUT2D eigenvalue weighted by Gasteiger charge is -2.18. The number of hydrogen-bond donors (Lipinski definition) is 1. The van der Waals surface area contributed by atoms with Crippen molar-refractivity contribution in [3.8, 4) is 0 Å². The van der Waals surface area contributed by atoms with Gasteiger partial charge in [0.15, 0.2) is 0 Å². The molecule has 1 aromatic rings. The molecule has 1 rings (SSSR count). The highest BCUT2D eigenvalue weighted by Crippen LogP contribution is 2.18. The topological polar surface area (TPSA) is 78.1 Å². The molecule has 0 aromatic carbocycles. The van der Waals surface area contributed by atoms with Gasteiger partial charge in [-0.3, -0.25) is 14.8 Å². The van der Waals surface area contributed by atoms with E-state index >= 15 is 0 Å². The number of nitrogens with two attached hydrogens (primary N) is 1. The van der Waals surface area contributed by atoms with Gasteiger partial charge in [-0.25, -0.2) is 0 Å². The predicted octanol–water partition coefficient (Wildman–Crippen LogP) is 2.94. The van der Waals surface area contributed by atoms with E-state index in [1.807, 2.05) is 0 Å². The van der Waals surface area contributed by atoms with E-state index in [1.165, 1.54) is 0 Å². The molecular formula is C14H25Cl2N3O2. The fourth-order valence-corrected chi connectivity index (χ4v) is 1.99. The van der Waals surface area contributed by atoms with E-state index in [-0.39, 0.29) is 42.8 Å². The summed E-state index contributed by atoms with van der Waals surface area (Å²) in [6.45, 7) is 6.54. The second kappa shape index (κ2) is 11.7. The van der Waals surface area contributed by atoms with E-state index in [4.69, 9.17) is 10.5 Å². The number of carbonyl (C=O) groups is 1. The molecule has 21 heavy (non-hydrogen) atoms. The molecule has 7 heteroatoms. The molecule has 0 amide bonds. The maximum atomic E-state index is 11.9. The first-order valence-corrected chi connectivity index (χ1v) is 6.68. The van der Waals surface area contributed by atoms with Crippen molar-refractivity contribution in [1.82, 2.24) is 9.97 Å². The Bertz CT molecular complexity index is 391. The molecule has 1 aromatic heterocycles. The van der Waals surface area contributed by atoms with Gasteiger partial charge in [0.1, 0.15) is 6.10 Å². The zero-order valence-corrected chi connectivity index (χ0v) is 14.3. The van der Waals surface area contributed by atoms with Gasteiger partial charge in [-0.05, 0) is 31.7 Å². The number of hydrogen-bond acceptors (Lipinski definition) is 5. The van der Waals surface area contributed by atoms with E-state index in [2.05, 4.69) is 23.8 Å². The van der Waals surface area contributed by atoms with Crippen LogP contribution in [0.3, 0.4) is 0 Å². The summed E-state index contributed by atoms with van der Waals surface area (Å²) in [4.78, 5) is 19.9. The van der Waals surface area contributed by atoms with E-state index in [0.717, 1.165) is 6.42 Å². The Labute approximate surface area is 138 Å². The normalized spacial score (nSPS) is 12.8. The lowest BCUT2D eigenvalue weighted by Crippen LogP contribution is -2.22. The molecule has 0 saturated heterocycles. The van der Waals surface area contributed by atoms with Crippen LogP contribution in [0, 0.1) is 11.8 Å². The summed E-state index contributed by atoms with van der Waals surface area (Å²) in [5, 5.41) is 0. The highest BCUT2D eigenvalue weighted by atomic mass is 35.5. The van der Waals surface area contributed by atoms with Crippen LogP contribution >= 0.6 is 24.8 Å². The van der Waals surface area contributed by atoms with Gasteiger partial charge < -0.3 is 10.5 Å². The third kappa shape index (κ3) is 8.86. The lowest BCUT2D eigenvalue weighted by atomic mass is 9.94. The highest BCUT2D eigenvalue weighted by Gasteiger charge is 2.18. The van der Waals surface area contributed by atoms with Crippen LogP contribution < -0.4 is 5.73 Å². The molecule has 5 nitrogen and oxygen atoms in total. The molecule has 2 atom stereocenters. The first kappa shape index (κ1) is 22.4. The summed E-state index contributed by atoms with van der Waals surface area (Å²) < 4.78 is 5.35. The zero-order chi connectivity index (χ0) is 14.3. The van der Waals surface area contributed by atoms with Gasteiger partial charge in [-0.1, -0.05) is 13.8 Å². The average molecular weight is 338 g/mol. The molecule has 1 unspecified atom stereocenters. The zero-order valence-electron chi connectivity index (χ0n) is 12.7. The smallest absolute Gasteiger partial charge is 0.306 e. The molecule has 0 spiro atoms. The van der Waals surface area contributed by atoms with E-state index in [1.54, 1.807) is 25.5 Å². The van der Waals surface area contributed by atoms with Crippen molar-refractivity contribution in [2.75, 3.05) is 6.54 Å². The van der Waals surface area contributed by atoms with Crippen molar-refractivity contribution in [3.05, 3.63) is 24.3 Å². The van der Waals surface area contributed by atoms with Gasteiger partial charge in [0.25, 0.3) is 0 Å². The van der Waals surface area contributed by atoms with Gasteiger partial charge in [0, 0.05) is 18.8 Å². The van der Waals surface area contributed by atoms with Crippen LogP contribution in [0.4, 0.5) is 0 Å². The summed E-state index contributed by atoms with van der Waals surface area (Å²) in [5.41, 5.74) is 6.34. The summed E-state index contributed by atoms with van der Waals surface area (Å²) in [6.07, 6.45) is 5.70. The minimum absolute atomic E-state index is 0. The number of halogens is 2.